The minimum absolute atomic E-state index is 0.0956. The van der Waals surface area contributed by atoms with Crippen LogP contribution in [-0.2, 0) is 0 Å². The van der Waals surface area contributed by atoms with Crippen LogP contribution in [0.1, 0.15) is 55.1 Å². The molecule has 0 aliphatic carbocycles. The van der Waals surface area contributed by atoms with Crippen molar-refractivity contribution in [2.24, 2.45) is 0 Å². The van der Waals surface area contributed by atoms with Crippen molar-refractivity contribution < 1.29 is 8.78 Å². The molecule has 3 nitrogen and oxygen atoms in total. The zero-order chi connectivity index (χ0) is 15.9. The Morgan fingerprint density at radius 1 is 1.10 bits per heavy atom. The van der Waals surface area contributed by atoms with E-state index in [2.05, 4.69) is 5.10 Å². The molecule has 1 aromatic carbocycles. The van der Waals surface area contributed by atoms with E-state index >= 15 is 0 Å². The Balaban J connectivity index is 2.58. The van der Waals surface area contributed by atoms with Crippen molar-refractivity contribution in [3.05, 3.63) is 56.5 Å². The van der Waals surface area contributed by atoms with Crippen molar-refractivity contribution in [1.29, 1.82) is 0 Å². The molecule has 1 atom stereocenters. The second kappa shape index (κ2) is 5.47. The Bertz CT molecular complexity index is 729. The number of halogens is 2. The van der Waals surface area contributed by atoms with Gasteiger partial charge in [-0.3, -0.25) is 14.6 Å². The molecule has 21 heavy (non-hydrogen) atoms. The lowest BCUT2D eigenvalue weighted by Crippen LogP contribution is -2.13. The Morgan fingerprint density at radius 2 is 1.71 bits per heavy atom. The molecular formula is C16H20F2N2O. The van der Waals surface area contributed by atoms with E-state index in [4.69, 9.17) is 0 Å². The molecule has 5 heteroatoms. The highest BCUT2D eigenvalue weighted by Gasteiger charge is 2.24. The molecule has 0 spiro atoms. The first-order chi connectivity index (χ1) is 9.75. The lowest BCUT2D eigenvalue weighted by atomic mass is 9.92. The van der Waals surface area contributed by atoms with Gasteiger partial charge in [0, 0.05) is 23.2 Å². The average molecular weight is 294 g/mol. The molecule has 0 aliphatic heterocycles. The molecule has 2 rings (SSSR count). The standard InChI is InChI=1S/C16H20F2N2O/c1-8(2)20-11(5)13(16(21)19-20)10(4)12-7-6-9(3)14(17)15(12)18/h6-8,10H,1-5H3,(H,19,21). The minimum atomic E-state index is -0.876. The van der Waals surface area contributed by atoms with E-state index < -0.39 is 17.6 Å². The number of rotatable bonds is 3. The summed E-state index contributed by atoms with van der Waals surface area (Å²) in [6, 6.07) is 3.18. The molecule has 0 aliphatic rings. The highest BCUT2D eigenvalue weighted by molar-refractivity contribution is 5.36. The third kappa shape index (κ3) is 2.52. The van der Waals surface area contributed by atoms with Crippen LogP contribution in [0.3, 0.4) is 0 Å². The number of H-pyrrole nitrogens is 1. The van der Waals surface area contributed by atoms with Crippen molar-refractivity contribution in [2.75, 3.05) is 0 Å². The van der Waals surface area contributed by atoms with Gasteiger partial charge in [0.1, 0.15) is 0 Å². The summed E-state index contributed by atoms with van der Waals surface area (Å²) in [5, 5.41) is 2.75. The molecule has 1 N–H and O–H groups in total. The fourth-order valence-electron chi connectivity index (χ4n) is 2.72. The third-order valence-corrected chi connectivity index (χ3v) is 3.94. The Hall–Kier alpha value is -1.91. The molecule has 0 saturated heterocycles. The molecule has 2 aromatic rings. The quantitative estimate of drug-likeness (QED) is 0.918. The molecule has 0 amide bonds. The van der Waals surface area contributed by atoms with Crippen LogP contribution in [0.5, 0.6) is 0 Å². The first-order valence-electron chi connectivity index (χ1n) is 7.01. The van der Waals surface area contributed by atoms with Crippen molar-refractivity contribution in [3.63, 3.8) is 0 Å². The highest BCUT2D eigenvalue weighted by atomic mass is 19.2. The van der Waals surface area contributed by atoms with E-state index in [1.165, 1.54) is 13.0 Å². The van der Waals surface area contributed by atoms with Gasteiger partial charge in [0.15, 0.2) is 11.6 Å². The second-order valence-corrected chi connectivity index (χ2v) is 5.73. The summed E-state index contributed by atoms with van der Waals surface area (Å²) in [4.78, 5) is 12.2. The molecule has 0 fully saturated rings. The van der Waals surface area contributed by atoms with Gasteiger partial charge in [0.2, 0.25) is 0 Å². The monoisotopic (exact) mass is 294 g/mol. The lowest BCUT2D eigenvalue weighted by Gasteiger charge is -2.15. The number of hydrogen-bond donors (Lipinski definition) is 1. The van der Waals surface area contributed by atoms with Crippen LogP contribution in [-0.4, -0.2) is 9.78 Å². The summed E-state index contributed by atoms with van der Waals surface area (Å²) in [5.41, 5.74) is 1.44. The van der Waals surface area contributed by atoms with Crippen molar-refractivity contribution in [1.82, 2.24) is 9.78 Å². The fraction of sp³-hybridized carbons (Fsp3) is 0.438. The van der Waals surface area contributed by atoms with Crippen LogP contribution in [0.15, 0.2) is 16.9 Å². The van der Waals surface area contributed by atoms with E-state index in [0.29, 0.717) is 5.56 Å². The molecule has 1 heterocycles. The summed E-state index contributed by atoms with van der Waals surface area (Å²) < 4.78 is 29.6. The number of aromatic amines is 1. The van der Waals surface area contributed by atoms with Gasteiger partial charge in [-0.25, -0.2) is 8.78 Å². The van der Waals surface area contributed by atoms with Crippen molar-refractivity contribution in [3.8, 4) is 0 Å². The Morgan fingerprint density at radius 3 is 2.24 bits per heavy atom. The van der Waals surface area contributed by atoms with E-state index in [1.54, 1.807) is 17.7 Å². The molecule has 0 radical (unpaired) electrons. The maximum Gasteiger partial charge on any atom is 0.268 e. The molecular weight excluding hydrogens is 274 g/mol. The van der Waals surface area contributed by atoms with E-state index in [9.17, 15) is 13.6 Å². The Labute approximate surface area is 122 Å². The largest absolute Gasteiger partial charge is 0.287 e. The molecule has 0 saturated carbocycles. The van der Waals surface area contributed by atoms with Crippen molar-refractivity contribution >= 4 is 0 Å². The number of aryl methyl sites for hydroxylation is 1. The summed E-state index contributed by atoms with van der Waals surface area (Å²) in [6.45, 7) is 8.94. The normalized spacial score (nSPS) is 13.0. The molecule has 114 valence electrons. The summed E-state index contributed by atoms with van der Waals surface area (Å²) >= 11 is 0. The highest BCUT2D eigenvalue weighted by Crippen LogP contribution is 2.29. The SMILES string of the molecule is Cc1ccc(C(C)c2c(C)n(C(C)C)[nH]c2=O)c(F)c1F. The fourth-order valence-corrected chi connectivity index (χ4v) is 2.72. The zero-order valence-corrected chi connectivity index (χ0v) is 12.9. The van der Waals surface area contributed by atoms with Gasteiger partial charge in [-0.05, 0) is 38.8 Å². The second-order valence-electron chi connectivity index (χ2n) is 5.73. The van der Waals surface area contributed by atoms with E-state index in [0.717, 1.165) is 5.69 Å². The van der Waals surface area contributed by atoms with Crippen LogP contribution >= 0.6 is 0 Å². The smallest absolute Gasteiger partial charge is 0.268 e. The number of benzene rings is 1. The van der Waals surface area contributed by atoms with Crippen LogP contribution in [0.2, 0.25) is 0 Å². The van der Waals surface area contributed by atoms with Gasteiger partial charge >= 0.3 is 0 Å². The predicted molar refractivity (Wildman–Crippen MR) is 78.8 cm³/mol. The zero-order valence-electron chi connectivity index (χ0n) is 12.9. The van der Waals surface area contributed by atoms with Crippen LogP contribution in [0.4, 0.5) is 8.78 Å². The van der Waals surface area contributed by atoms with Crippen LogP contribution in [0, 0.1) is 25.5 Å². The van der Waals surface area contributed by atoms with Gasteiger partial charge in [-0.1, -0.05) is 19.1 Å². The number of aromatic nitrogens is 2. The van der Waals surface area contributed by atoms with Gasteiger partial charge in [-0.2, -0.15) is 0 Å². The molecule has 1 unspecified atom stereocenters. The predicted octanol–water partition coefficient (Wildman–Crippen LogP) is 3.80. The van der Waals surface area contributed by atoms with Gasteiger partial charge < -0.3 is 0 Å². The van der Waals surface area contributed by atoms with Crippen molar-refractivity contribution in [2.45, 2.75) is 46.6 Å². The number of nitrogens with zero attached hydrogens (tertiary/aromatic N) is 1. The van der Waals surface area contributed by atoms with E-state index in [-0.39, 0.29) is 22.7 Å². The topological polar surface area (TPSA) is 37.8 Å². The summed E-state index contributed by atoms with van der Waals surface area (Å²) in [7, 11) is 0. The first-order valence-corrected chi connectivity index (χ1v) is 7.01. The van der Waals surface area contributed by atoms with Crippen LogP contribution < -0.4 is 5.56 Å². The summed E-state index contributed by atoms with van der Waals surface area (Å²) in [6.07, 6.45) is 0. The molecule has 0 bridgehead atoms. The maximum absolute atomic E-state index is 14.1. The van der Waals surface area contributed by atoms with Gasteiger partial charge in [0.05, 0.1) is 0 Å². The summed E-state index contributed by atoms with van der Waals surface area (Å²) in [5.74, 6) is -2.24. The lowest BCUT2D eigenvalue weighted by molar-refractivity contribution is 0.490. The minimum Gasteiger partial charge on any atom is -0.287 e. The Kier molecular flexibility index (Phi) is 4.03. The number of hydrogen-bond acceptors (Lipinski definition) is 1. The molecule has 1 aromatic heterocycles. The average Bonchev–Trinajstić information content (AvgIpc) is 2.71. The number of nitrogens with one attached hydrogen (secondary N) is 1. The van der Waals surface area contributed by atoms with Crippen LogP contribution in [0.25, 0.3) is 0 Å². The first kappa shape index (κ1) is 15.5. The maximum atomic E-state index is 14.1. The van der Waals surface area contributed by atoms with E-state index in [1.807, 2.05) is 20.8 Å². The van der Waals surface area contributed by atoms with Gasteiger partial charge in [0.25, 0.3) is 5.56 Å². The third-order valence-electron chi connectivity index (χ3n) is 3.94. The van der Waals surface area contributed by atoms with Gasteiger partial charge in [-0.15, -0.1) is 0 Å².